The Hall–Kier alpha value is -3.15. The van der Waals surface area contributed by atoms with Gasteiger partial charge < -0.3 is 14.3 Å². The Morgan fingerprint density at radius 1 is 1.03 bits per heavy atom. The van der Waals surface area contributed by atoms with Crippen molar-refractivity contribution in [3.05, 3.63) is 65.5 Å². The van der Waals surface area contributed by atoms with E-state index in [-0.39, 0.29) is 5.91 Å². The van der Waals surface area contributed by atoms with Crippen LogP contribution in [0.1, 0.15) is 42.2 Å². The Balaban J connectivity index is 1.17. The topological polar surface area (TPSA) is 62.5 Å². The molecule has 0 atom stereocenters. The smallest absolute Gasteiger partial charge is 0.230 e. The summed E-state index contributed by atoms with van der Waals surface area (Å²) in [5.74, 6) is 2.10. The Morgan fingerprint density at radius 2 is 1.77 bits per heavy atom. The van der Waals surface area contributed by atoms with E-state index in [0.717, 1.165) is 61.7 Å². The molecule has 0 bridgehead atoms. The number of piperazine rings is 1. The zero-order valence-electron chi connectivity index (χ0n) is 18.0. The van der Waals surface area contributed by atoms with Crippen LogP contribution in [0.25, 0.3) is 11.4 Å². The predicted molar refractivity (Wildman–Crippen MR) is 120 cm³/mol. The molecule has 1 amide bonds. The highest BCUT2D eigenvalue weighted by Gasteiger charge is 2.26. The van der Waals surface area contributed by atoms with Crippen molar-refractivity contribution < 1.29 is 9.32 Å². The van der Waals surface area contributed by atoms with Gasteiger partial charge in [0, 0.05) is 43.3 Å². The van der Waals surface area contributed by atoms with E-state index in [9.17, 15) is 4.79 Å². The highest BCUT2D eigenvalue weighted by atomic mass is 16.5. The van der Waals surface area contributed by atoms with Crippen LogP contribution in [0.3, 0.4) is 0 Å². The first-order valence-electron chi connectivity index (χ1n) is 11.2. The molecule has 2 aliphatic rings. The van der Waals surface area contributed by atoms with E-state index in [0.29, 0.717) is 18.2 Å². The number of hydrogen-bond acceptors (Lipinski definition) is 5. The van der Waals surface area contributed by atoms with Gasteiger partial charge in [-0.15, -0.1) is 0 Å². The molecule has 1 aliphatic heterocycles. The molecule has 1 saturated carbocycles. The number of rotatable bonds is 5. The molecule has 1 aliphatic carbocycles. The molecular formula is C25H28N4O2. The number of aromatic nitrogens is 2. The van der Waals surface area contributed by atoms with E-state index in [2.05, 4.69) is 52.3 Å². The molecule has 1 aromatic heterocycles. The van der Waals surface area contributed by atoms with Gasteiger partial charge in [0.2, 0.25) is 17.6 Å². The van der Waals surface area contributed by atoms with Gasteiger partial charge in [-0.3, -0.25) is 4.79 Å². The zero-order chi connectivity index (χ0) is 21.2. The van der Waals surface area contributed by atoms with Crippen LogP contribution in [-0.4, -0.2) is 47.1 Å². The lowest BCUT2D eigenvalue weighted by atomic mass is 9.85. The van der Waals surface area contributed by atoms with Crippen molar-refractivity contribution in [2.75, 3.05) is 31.1 Å². The number of hydrogen-bond donors (Lipinski definition) is 0. The van der Waals surface area contributed by atoms with Gasteiger partial charge in [-0.1, -0.05) is 35.8 Å². The first kappa shape index (κ1) is 19.8. The van der Waals surface area contributed by atoms with Crippen molar-refractivity contribution >= 4 is 11.6 Å². The summed E-state index contributed by atoms with van der Waals surface area (Å²) in [4.78, 5) is 21.6. The highest BCUT2D eigenvalue weighted by molar-refractivity contribution is 5.79. The molecule has 2 fully saturated rings. The Labute approximate surface area is 182 Å². The second-order valence-corrected chi connectivity index (χ2v) is 8.60. The summed E-state index contributed by atoms with van der Waals surface area (Å²) in [6.45, 7) is 5.25. The van der Waals surface area contributed by atoms with E-state index in [1.807, 2.05) is 23.1 Å². The molecule has 6 nitrogen and oxygen atoms in total. The molecule has 31 heavy (non-hydrogen) atoms. The van der Waals surface area contributed by atoms with Crippen molar-refractivity contribution in [2.45, 2.75) is 38.5 Å². The average molecular weight is 417 g/mol. The fourth-order valence-corrected chi connectivity index (χ4v) is 4.29. The van der Waals surface area contributed by atoms with Crippen LogP contribution in [0.4, 0.5) is 5.69 Å². The molecule has 0 radical (unpaired) electrons. The van der Waals surface area contributed by atoms with Crippen LogP contribution in [0, 0.1) is 6.92 Å². The van der Waals surface area contributed by atoms with Crippen LogP contribution in [-0.2, 0) is 11.2 Å². The number of anilines is 1. The van der Waals surface area contributed by atoms with Gasteiger partial charge in [0.15, 0.2) is 0 Å². The molecular weight excluding hydrogens is 388 g/mol. The maximum atomic E-state index is 12.7. The maximum Gasteiger partial charge on any atom is 0.230 e. The quantitative estimate of drug-likeness (QED) is 0.624. The van der Waals surface area contributed by atoms with Crippen LogP contribution in [0.15, 0.2) is 53.1 Å². The minimum Gasteiger partial charge on any atom is -0.368 e. The minimum atomic E-state index is 0.212. The molecule has 2 heterocycles. The third kappa shape index (κ3) is 4.20. The lowest BCUT2D eigenvalue weighted by Gasteiger charge is -2.36. The Kier molecular flexibility index (Phi) is 5.45. The lowest BCUT2D eigenvalue weighted by Crippen LogP contribution is -2.49. The summed E-state index contributed by atoms with van der Waals surface area (Å²) < 4.78 is 5.44. The van der Waals surface area contributed by atoms with Gasteiger partial charge in [0.05, 0.1) is 6.42 Å². The van der Waals surface area contributed by atoms with Gasteiger partial charge in [0.25, 0.3) is 0 Å². The molecule has 0 unspecified atom stereocenters. The third-order valence-corrected chi connectivity index (χ3v) is 6.62. The summed E-state index contributed by atoms with van der Waals surface area (Å²) in [7, 11) is 0. The van der Waals surface area contributed by atoms with E-state index >= 15 is 0 Å². The van der Waals surface area contributed by atoms with Crippen molar-refractivity contribution in [1.82, 2.24) is 15.0 Å². The number of carbonyl (C=O) groups excluding carboxylic acids is 1. The monoisotopic (exact) mass is 416 g/mol. The zero-order valence-corrected chi connectivity index (χ0v) is 18.0. The van der Waals surface area contributed by atoms with E-state index in [4.69, 9.17) is 4.52 Å². The number of aryl methyl sites for hydroxylation is 1. The van der Waals surface area contributed by atoms with Crippen LogP contribution in [0.5, 0.6) is 0 Å². The molecule has 2 aromatic carbocycles. The number of benzene rings is 2. The molecule has 6 heteroatoms. The Bertz CT molecular complexity index is 1050. The first-order valence-corrected chi connectivity index (χ1v) is 11.2. The molecule has 5 rings (SSSR count). The van der Waals surface area contributed by atoms with E-state index < -0.39 is 0 Å². The van der Waals surface area contributed by atoms with Gasteiger partial charge >= 0.3 is 0 Å². The second-order valence-electron chi connectivity index (χ2n) is 8.60. The van der Waals surface area contributed by atoms with Crippen molar-refractivity contribution in [2.24, 2.45) is 0 Å². The van der Waals surface area contributed by atoms with Gasteiger partial charge in [-0.25, -0.2) is 0 Å². The van der Waals surface area contributed by atoms with Crippen molar-refractivity contribution in [1.29, 1.82) is 0 Å². The summed E-state index contributed by atoms with van der Waals surface area (Å²) in [5, 5.41) is 4.16. The van der Waals surface area contributed by atoms with Crippen LogP contribution >= 0.6 is 0 Å². The summed E-state index contributed by atoms with van der Waals surface area (Å²) in [6.07, 6.45) is 4.04. The average Bonchev–Trinajstić information content (AvgIpc) is 3.24. The molecule has 1 saturated heterocycles. The van der Waals surface area contributed by atoms with Gasteiger partial charge in [-0.05, 0) is 55.2 Å². The van der Waals surface area contributed by atoms with Crippen LogP contribution in [0.2, 0.25) is 0 Å². The summed E-state index contributed by atoms with van der Waals surface area (Å²) in [5.41, 5.74) is 4.44. The summed E-state index contributed by atoms with van der Waals surface area (Å²) in [6, 6.07) is 16.5. The largest absolute Gasteiger partial charge is 0.368 e. The maximum absolute atomic E-state index is 12.7. The van der Waals surface area contributed by atoms with Crippen LogP contribution < -0.4 is 4.90 Å². The van der Waals surface area contributed by atoms with E-state index in [1.165, 1.54) is 12.0 Å². The second kappa shape index (κ2) is 8.53. The molecule has 3 aromatic rings. The lowest BCUT2D eigenvalue weighted by molar-refractivity contribution is -0.130. The first-order chi connectivity index (χ1) is 15.2. The normalized spacial score (nSPS) is 16.9. The van der Waals surface area contributed by atoms with Crippen molar-refractivity contribution in [3.8, 4) is 11.4 Å². The third-order valence-electron chi connectivity index (χ3n) is 6.62. The standard InChI is InChI=1S/C25H28N4O2/c1-18-5-2-3-6-21(18)17-23(30)29-15-13-28(14-16-29)22-11-9-19(10-12-22)24-26-25(31-27-24)20-7-4-8-20/h2-3,5-6,9-12,20H,4,7-8,13-17H2,1H3. The summed E-state index contributed by atoms with van der Waals surface area (Å²) >= 11 is 0. The van der Waals surface area contributed by atoms with E-state index in [1.54, 1.807) is 0 Å². The number of amides is 1. The number of carbonyl (C=O) groups is 1. The Morgan fingerprint density at radius 3 is 2.45 bits per heavy atom. The SMILES string of the molecule is Cc1ccccc1CC(=O)N1CCN(c2ccc(-c3noc(C4CCC4)n3)cc2)CC1. The molecule has 160 valence electrons. The fraction of sp³-hybridized carbons (Fsp3) is 0.400. The number of nitrogens with zero attached hydrogens (tertiary/aromatic N) is 4. The highest BCUT2D eigenvalue weighted by Crippen LogP contribution is 2.36. The minimum absolute atomic E-state index is 0.212. The van der Waals surface area contributed by atoms with Gasteiger partial charge in [-0.2, -0.15) is 4.98 Å². The molecule has 0 N–H and O–H groups in total. The molecule has 0 spiro atoms. The van der Waals surface area contributed by atoms with Crippen molar-refractivity contribution in [3.63, 3.8) is 0 Å². The van der Waals surface area contributed by atoms with Gasteiger partial charge in [0.1, 0.15) is 0 Å². The fourth-order valence-electron chi connectivity index (χ4n) is 4.29. The predicted octanol–water partition coefficient (Wildman–Crippen LogP) is 4.20.